The highest BCUT2D eigenvalue weighted by atomic mass is 16.5. The summed E-state index contributed by atoms with van der Waals surface area (Å²) >= 11 is 0. The number of aliphatic hydroxyl groups is 1. The number of rotatable bonds is 7. The third-order valence-electron chi connectivity index (χ3n) is 5.08. The molecule has 0 unspecified atom stereocenters. The number of ether oxygens (including phenoxy) is 1. The molecule has 26 heavy (non-hydrogen) atoms. The van der Waals surface area contributed by atoms with E-state index in [0.29, 0.717) is 25.0 Å². The van der Waals surface area contributed by atoms with Gasteiger partial charge in [0.15, 0.2) is 0 Å². The van der Waals surface area contributed by atoms with Crippen LogP contribution in [-0.2, 0) is 11.3 Å². The maximum atomic E-state index is 9.64. The van der Waals surface area contributed by atoms with Gasteiger partial charge in [-0.1, -0.05) is 0 Å². The number of anilines is 2. The van der Waals surface area contributed by atoms with E-state index in [1.54, 1.807) is 6.20 Å². The molecular formula is C18H26N6O2. The summed E-state index contributed by atoms with van der Waals surface area (Å²) in [5.74, 6) is 1.98. The molecule has 8 heteroatoms. The molecular weight excluding hydrogens is 332 g/mol. The summed E-state index contributed by atoms with van der Waals surface area (Å²) in [6.07, 6.45) is 4.49. The molecule has 8 nitrogen and oxygen atoms in total. The first-order valence-electron chi connectivity index (χ1n) is 9.35. The van der Waals surface area contributed by atoms with Crippen LogP contribution in [0, 0.1) is 0 Å². The molecule has 2 fully saturated rings. The Morgan fingerprint density at radius 3 is 2.88 bits per heavy atom. The Balaban J connectivity index is 1.57. The fraction of sp³-hybridized carbons (Fsp3) is 0.611. The molecule has 2 aliphatic rings. The molecule has 2 saturated heterocycles. The molecule has 140 valence electrons. The highest BCUT2D eigenvalue weighted by Crippen LogP contribution is 2.29. The van der Waals surface area contributed by atoms with Gasteiger partial charge in [-0.2, -0.15) is 10.1 Å². The summed E-state index contributed by atoms with van der Waals surface area (Å²) in [6.45, 7) is 7.35. The molecule has 1 N–H and O–H groups in total. The average molecular weight is 358 g/mol. The second kappa shape index (κ2) is 7.59. The predicted molar refractivity (Wildman–Crippen MR) is 98.5 cm³/mol. The molecule has 2 aliphatic heterocycles. The van der Waals surface area contributed by atoms with Crippen molar-refractivity contribution in [3.63, 3.8) is 0 Å². The van der Waals surface area contributed by atoms with E-state index in [2.05, 4.69) is 23.0 Å². The lowest BCUT2D eigenvalue weighted by molar-refractivity contribution is 0.140. The fourth-order valence-corrected chi connectivity index (χ4v) is 3.43. The average Bonchev–Trinajstić information content (AvgIpc) is 3.33. The maximum absolute atomic E-state index is 9.64. The van der Waals surface area contributed by atoms with E-state index in [9.17, 15) is 5.11 Å². The topological polar surface area (TPSA) is 79.5 Å². The van der Waals surface area contributed by atoms with Crippen molar-refractivity contribution in [1.82, 2.24) is 19.7 Å². The Kier molecular flexibility index (Phi) is 5.03. The standard InChI is InChI=1S/C18H26N6O2/c1-2-22(7-8-24-6-3-5-19-24)17-10-16(14-4-9-26-13-14)20-18(21-17)23-11-15(25)12-23/h3,5-6,10,14-15,25H,2,4,7-9,11-13H2,1H3/t14-/m1/s1. The van der Waals surface area contributed by atoms with E-state index in [1.807, 2.05) is 21.8 Å². The maximum Gasteiger partial charge on any atom is 0.227 e. The van der Waals surface area contributed by atoms with Gasteiger partial charge in [0.25, 0.3) is 0 Å². The van der Waals surface area contributed by atoms with Crippen LogP contribution >= 0.6 is 0 Å². The van der Waals surface area contributed by atoms with E-state index < -0.39 is 0 Å². The summed E-state index contributed by atoms with van der Waals surface area (Å²) in [5.41, 5.74) is 1.04. The Labute approximate surface area is 153 Å². The van der Waals surface area contributed by atoms with Crippen molar-refractivity contribution < 1.29 is 9.84 Å². The number of β-amino-alcohol motifs (C(OH)–C–C–N with tert-alkyl or cyclic N) is 1. The van der Waals surface area contributed by atoms with Gasteiger partial charge in [-0.25, -0.2) is 4.98 Å². The van der Waals surface area contributed by atoms with E-state index >= 15 is 0 Å². The minimum Gasteiger partial charge on any atom is -0.389 e. The first kappa shape index (κ1) is 17.2. The SMILES string of the molecule is CCN(CCn1cccn1)c1cc([C@@H]2CCOC2)nc(N2CC(O)C2)n1. The van der Waals surface area contributed by atoms with E-state index in [-0.39, 0.29) is 6.10 Å². The van der Waals surface area contributed by atoms with Crippen molar-refractivity contribution in [1.29, 1.82) is 0 Å². The zero-order valence-electron chi connectivity index (χ0n) is 15.2. The zero-order chi connectivity index (χ0) is 17.9. The number of aromatic nitrogens is 4. The molecule has 2 aromatic rings. The van der Waals surface area contributed by atoms with Crippen molar-refractivity contribution >= 4 is 11.8 Å². The predicted octanol–water partition coefficient (Wildman–Crippen LogP) is 0.884. The lowest BCUT2D eigenvalue weighted by atomic mass is 10.0. The minimum atomic E-state index is -0.275. The lowest BCUT2D eigenvalue weighted by Crippen LogP contribution is -2.51. The molecule has 0 aliphatic carbocycles. The third kappa shape index (κ3) is 3.66. The van der Waals surface area contributed by atoms with Gasteiger partial charge in [0.2, 0.25) is 5.95 Å². The van der Waals surface area contributed by atoms with Crippen LogP contribution in [-0.4, -0.2) is 70.4 Å². The summed E-state index contributed by atoms with van der Waals surface area (Å²) in [4.78, 5) is 13.9. The van der Waals surface area contributed by atoms with E-state index in [4.69, 9.17) is 14.7 Å². The first-order chi connectivity index (χ1) is 12.7. The highest BCUT2D eigenvalue weighted by molar-refractivity contribution is 5.48. The molecule has 2 aromatic heterocycles. The van der Waals surface area contributed by atoms with Gasteiger partial charge in [0.1, 0.15) is 5.82 Å². The molecule has 0 bridgehead atoms. The van der Waals surface area contributed by atoms with Crippen LogP contribution in [0.3, 0.4) is 0 Å². The number of hydrogen-bond acceptors (Lipinski definition) is 7. The van der Waals surface area contributed by atoms with Crippen LogP contribution < -0.4 is 9.80 Å². The van der Waals surface area contributed by atoms with Crippen LogP contribution in [0.1, 0.15) is 25.0 Å². The second-order valence-corrected chi connectivity index (χ2v) is 6.92. The van der Waals surface area contributed by atoms with Crippen LogP contribution in [0.5, 0.6) is 0 Å². The van der Waals surface area contributed by atoms with Crippen molar-refractivity contribution in [2.75, 3.05) is 49.2 Å². The fourth-order valence-electron chi connectivity index (χ4n) is 3.43. The minimum absolute atomic E-state index is 0.275. The van der Waals surface area contributed by atoms with E-state index in [0.717, 1.165) is 50.8 Å². The summed E-state index contributed by atoms with van der Waals surface area (Å²) in [5, 5.41) is 13.9. The highest BCUT2D eigenvalue weighted by Gasteiger charge is 2.29. The Morgan fingerprint density at radius 1 is 1.35 bits per heavy atom. The van der Waals surface area contributed by atoms with E-state index in [1.165, 1.54) is 0 Å². The largest absolute Gasteiger partial charge is 0.389 e. The Bertz CT molecular complexity index is 710. The molecule has 0 aromatic carbocycles. The summed E-state index contributed by atoms with van der Waals surface area (Å²) in [7, 11) is 0. The van der Waals surface area contributed by atoms with Gasteiger partial charge in [0, 0.05) is 57.2 Å². The monoisotopic (exact) mass is 358 g/mol. The Hall–Kier alpha value is -2.19. The van der Waals surface area contributed by atoms with Crippen LogP contribution in [0.4, 0.5) is 11.8 Å². The van der Waals surface area contributed by atoms with Gasteiger partial charge < -0.3 is 19.6 Å². The molecule has 0 saturated carbocycles. The second-order valence-electron chi connectivity index (χ2n) is 6.92. The van der Waals surface area contributed by atoms with Gasteiger partial charge in [-0.05, 0) is 19.4 Å². The zero-order valence-corrected chi connectivity index (χ0v) is 15.2. The first-order valence-corrected chi connectivity index (χ1v) is 9.35. The molecule has 0 amide bonds. The quantitative estimate of drug-likeness (QED) is 0.787. The Morgan fingerprint density at radius 2 is 2.23 bits per heavy atom. The van der Waals surface area contributed by atoms with Crippen LogP contribution in [0.2, 0.25) is 0 Å². The number of likely N-dealkylation sites (N-methyl/N-ethyl adjacent to an activating group) is 1. The normalized spacial score (nSPS) is 20.4. The molecule has 4 rings (SSSR count). The van der Waals surface area contributed by atoms with Crippen LogP contribution in [0.15, 0.2) is 24.5 Å². The third-order valence-corrected chi connectivity index (χ3v) is 5.08. The summed E-state index contributed by atoms with van der Waals surface area (Å²) in [6, 6.07) is 4.04. The van der Waals surface area contributed by atoms with Crippen molar-refractivity contribution in [3.8, 4) is 0 Å². The smallest absolute Gasteiger partial charge is 0.227 e. The molecule has 0 spiro atoms. The van der Waals surface area contributed by atoms with Gasteiger partial charge in [-0.3, -0.25) is 4.68 Å². The molecule has 1 atom stereocenters. The lowest BCUT2D eigenvalue weighted by Gasteiger charge is -2.36. The van der Waals surface area contributed by atoms with Gasteiger partial charge in [-0.15, -0.1) is 0 Å². The van der Waals surface area contributed by atoms with Crippen molar-refractivity contribution in [2.24, 2.45) is 0 Å². The number of aliphatic hydroxyl groups excluding tert-OH is 1. The van der Waals surface area contributed by atoms with Gasteiger partial charge in [0.05, 0.1) is 24.9 Å². The number of nitrogens with zero attached hydrogens (tertiary/aromatic N) is 6. The van der Waals surface area contributed by atoms with Crippen molar-refractivity contribution in [3.05, 3.63) is 30.2 Å². The molecule has 4 heterocycles. The van der Waals surface area contributed by atoms with Crippen LogP contribution in [0.25, 0.3) is 0 Å². The summed E-state index contributed by atoms with van der Waals surface area (Å²) < 4.78 is 7.49. The van der Waals surface area contributed by atoms with Gasteiger partial charge >= 0.3 is 0 Å². The van der Waals surface area contributed by atoms with Crippen molar-refractivity contribution in [2.45, 2.75) is 31.9 Å². The number of hydrogen-bond donors (Lipinski definition) is 1. The molecule has 0 radical (unpaired) electrons.